The number of anilines is 1. The van der Waals surface area contributed by atoms with Crippen LogP contribution in [-0.2, 0) is 16.0 Å². The Hall–Kier alpha value is -3.33. The fourth-order valence-corrected chi connectivity index (χ4v) is 3.56. The lowest BCUT2D eigenvalue weighted by Crippen LogP contribution is -2.58. The highest BCUT2D eigenvalue weighted by molar-refractivity contribution is 7.80. The van der Waals surface area contributed by atoms with E-state index in [4.69, 9.17) is 31.2 Å². The van der Waals surface area contributed by atoms with Gasteiger partial charge in [0.05, 0.1) is 34.1 Å². The molecule has 0 aromatic heterocycles. The third-order valence-corrected chi connectivity index (χ3v) is 5.07. The lowest BCUT2D eigenvalue weighted by molar-refractivity contribution is -0.133. The Labute approximate surface area is 179 Å². The average Bonchev–Trinajstić information content (AvgIpc) is 2.76. The van der Waals surface area contributed by atoms with Crippen molar-refractivity contribution in [2.75, 3.05) is 33.3 Å². The summed E-state index contributed by atoms with van der Waals surface area (Å²) < 4.78 is 21.3. The zero-order valence-electron chi connectivity index (χ0n) is 17.1. The second kappa shape index (κ2) is 9.00. The monoisotopic (exact) mass is 430 g/mol. The van der Waals surface area contributed by atoms with Gasteiger partial charge in [0.25, 0.3) is 0 Å². The van der Waals surface area contributed by atoms with Gasteiger partial charge in [-0.1, -0.05) is 6.07 Å². The van der Waals surface area contributed by atoms with E-state index in [-0.39, 0.29) is 11.5 Å². The normalized spacial score (nSPS) is 16.2. The molecule has 3 rings (SSSR count). The predicted octanol–water partition coefficient (Wildman–Crippen LogP) is 2.33. The van der Waals surface area contributed by atoms with Gasteiger partial charge in [-0.15, -0.1) is 0 Å². The van der Waals surface area contributed by atoms with Crippen molar-refractivity contribution in [3.05, 3.63) is 42.0 Å². The molecular formula is C21H22N2O6S. The molecule has 0 saturated carbocycles. The molecular weight excluding hydrogens is 408 g/mol. The number of thiocarbonyl (C=S) groups is 1. The van der Waals surface area contributed by atoms with E-state index in [1.54, 1.807) is 36.4 Å². The summed E-state index contributed by atoms with van der Waals surface area (Å²) in [7, 11) is 6.06. The number of rotatable bonds is 7. The smallest absolute Gasteiger partial charge is 0.246 e. The van der Waals surface area contributed by atoms with Crippen LogP contribution < -0.4 is 29.2 Å². The zero-order chi connectivity index (χ0) is 21.8. The summed E-state index contributed by atoms with van der Waals surface area (Å²) in [4.78, 5) is 27.2. The Morgan fingerprint density at radius 1 is 0.933 bits per heavy atom. The fourth-order valence-electron chi connectivity index (χ4n) is 3.26. The van der Waals surface area contributed by atoms with Crippen molar-refractivity contribution in [1.82, 2.24) is 5.32 Å². The molecule has 1 aliphatic rings. The first-order valence-corrected chi connectivity index (χ1v) is 9.46. The van der Waals surface area contributed by atoms with Gasteiger partial charge in [0, 0.05) is 12.1 Å². The molecule has 2 aromatic carbocycles. The highest BCUT2D eigenvalue weighted by Gasteiger charge is 2.40. The molecule has 0 aliphatic carbocycles. The molecule has 2 amide bonds. The number of methoxy groups -OCH3 is 4. The average molecular weight is 430 g/mol. The number of carbonyl (C=O) groups excluding carboxylic acids is 2. The van der Waals surface area contributed by atoms with Crippen LogP contribution in [-0.4, -0.2) is 45.4 Å². The minimum atomic E-state index is -1.00. The van der Waals surface area contributed by atoms with Crippen molar-refractivity contribution in [3.8, 4) is 23.0 Å². The maximum atomic E-state index is 13.3. The van der Waals surface area contributed by atoms with Crippen LogP contribution in [0.5, 0.6) is 23.0 Å². The van der Waals surface area contributed by atoms with E-state index < -0.39 is 17.7 Å². The Morgan fingerprint density at radius 2 is 1.60 bits per heavy atom. The molecule has 2 aromatic rings. The fraction of sp³-hybridized carbons (Fsp3) is 0.286. The lowest BCUT2D eigenvalue weighted by Gasteiger charge is -2.32. The summed E-state index contributed by atoms with van der Waals surface area (Å²) in [5, 5.41) is 2.64. The molecule has 0 bridgehead atoms. The molecule has 9 heteroatoms. The molecule has 0 radical (unpaired) electrons. The Bertz CT molecular complexity index is 993. The van der Waals surface area contributed by atoms with Crippen molar-refractivity contribution in [2.24, 2.45) is 5.92 Å². The van der Waals surface area contributed by atoms with E-state index in [2.05, 4.69) is 5.32 Å². The second-order valence-electron chi connectivity index (χ2n) is 6.45. The SMILES string of the molecule is COc1cccc(N2C(=O)C(Cc3cc(OC)c(OC)cc3OC)C(=O)NC2=S)c1. The van der Waals surface area contributed by atoms with Crippen molar-refractivity contribution >= 4 is 34.8 Å². The molecule has 1 atom stereocenters. The summed E-state index contributed by atoms with van der Waals surface area (Å²) in [6.07, 6.45) is 0.0945. The Kier molecular flexibility index (Phi) is 6.41. The van der Waals surface area contributed by atoms with Gasteiger partial charge in [-0.2, -0.15) is 0 Å². The summed E-state index contributed by atoms with van der Waals surface area (Å²) in [5.74, 6) is 0.0889. The molecule has 158 valence electrons. The minimum Gasteiger partial charge on any atom is -0.497 e. The largest absolute Gasteiger partial charge is 0.497 e. The number of carbonyl (C=O) groups is 2. The lowest BCUT2D eigenvalue weighted by atomic mass is 9.94. The van der Waals surface area contributed by atoms with Crippen molar-refractivity contribution < 1.29 is 28.5 Å². The van der Waals surface area contributed by atoms with Crippen LogP contribution in [0.25, 0.3) is 0 Å². The predicted molar refractivity (Wildman–Crippen MR) is 115 cm³/mol. The molecule has 8 nitrogen and oxygen atoms in total. The number of hydrogen-bond acceptors (Lipinski definition) is 7. The van der Waals surface area contributed by atoms with Crippen LogP contribution in [0.15, 0.2) is 36.4 Å². The van der Waals surface area contributed by atoms with Gasteiger partial charge in [-0.05, 0) is 42.4 Å². The summed E-state index contributed by atoms with van der Waals surface area (Å²) in [5.41, 5.74) is 1.13. The Balaban J connectivity index is 1.96. The molecule has 1 N–H and O–H groups in total. The quantitative estimate of drug-likeness (QED) is 0.533. The van der Waals surface area contributed by atoms with Gasteiger partial charge >= 0.3 is 0 Å². The number of nitrogens with one attached hydrogen (secondary N) is 1. The van der Waals surface area contributed by atoms with Gasteiger partial charge in [-0.3, -0.25) is 14.5 Å². The van der Waals surface area contributed by atoms with E-state index in [9.17, 15) is 9.59 Å². The molecule has 1 heterocycles. The number of benzene rings is 2. The topological polar surface area (TPSA) is 86.3 Å². The van der Waals surface area contributed by atoms with Crippen LogP contribution >= 0.6 is 12.2 Å². The first-order chi connectivity index (χ1) is 14.4. The number of ether oxygens (including phenoxy) is 4. The summed E-state index contributed by atoms with van der Waals surface area (Å²) in [6.45, 7) is 0. The van der Waals surface area contributed by atoms with E-state index in [0.717, 1.165) is 0 Å². The first-order valence-electron chi connectivity index (χ1n) is 9.05. The third-order valence-electron chi connectivity index (χ3n) is 4.79. The van der Waals surface area contributed by atoms with E-state index >= 15 is 0 Å². The summed E-state index contributed by atoms with van der Waals surface area (Å²) in [6, 6.07) is 10.2. The molecule has 1 aliphatic heterocycles. The second-order valence-corrected chi connectivity index (χ2v) is 6.83. The van der Waals surface area contributed by atoms with Crippen LogP contribution in [0.3, 0.4) is 0 Å². The number of nitrogens with zero attached hydrogens (tertiary/aromatic N) is 1. The number of hydrogen-bond donors (Lipinski definition) is 1. The first kappa shape index (κ1) is 21.4. The van der Waals surface area contributed by atoms with Gasteiger partial charge in [0.15, 0.2) is 16.6 Å². The molecule has 1 unspecified atom stereocenters. The van der Waals surface area contributed by atoms with Crippen LogP contribution in [0.2, 0.25) is 0 Å². The summed E-state index contributed by atoms with van der Waals surface area (Å²) >= 11 is 5.25. The highest BCUT2D eigenvalue weighted by Crippen LogP contribution is 2.36. The zero-order valence-corrected chi connectivity index (χ0v) is 17.9. The van der Waals surface area contributed by atoms with Gasteiger partial charge in [0.1, 0.15) is 17.4 Å². The highest BCUT2D eigenvalue weighted by atomic mass is 32.1. The van der Waals surface area contributed by atoms with E-state index in [1.807, 2.05) is 0 Å². The van der Waals surface area contributed by atoms with E-state index in [0.29, 0.717) is 34.2 Å². The van der Waals surface area contributed by atoms with Crippen molar-refractivity contribution in [1.29, 1.82) is 0 Å². The van der Waals surface area contributed by atoms with Crippen LogP contribution in [0, 0.1) is 5.92 Å². The molecule has 1 fully saturated rings. The number of amides is 2. The maximum Gasteiger partial charge on any atom is 0.246 e. The minimum absolute atomic E-state index is 0.0220. The van der Waals surface area contributed by atoms with Crippen LogP contribution in [0.1, 0.15) is 5.56 Å². The van der Waals surface area contributed by atoms with E-state index in [1.165, 1.54) is 33.3 Å². The molecule has 0 spiro atoms. The van der Waals surface area contributed by atoms with Gasteiger partial charge in [0.2, 0.25) is 11.8 Å². The standard InChI is InChI=1S/C21H22N2O6S/c1-26-14-7-5-6-13(10-14)23-20(25)15(19(24)22-21(23)30)8-12-9-17(28-3)18(29-4)11-16(12)27-2/h5-7,9-11,15H,8H2,1-4H3,(H,22,24,30). The Morgan fingerprint density at radius 3 is 2.23 bits per heavy atom. The molecule has 1 saturated heterocycles. The van der Waals surface area contributed by atoms with Gasteiger partial charge in [-0.25, -0.2) is 0 Å². The van der Waals surface area contributed by atoms with Crippen molar-refractivity contribution in [3.63, 3.8) is 0 Å². The third kappa shape index (κ3) is 4.02. The maximum absolute atomic E-state index is 13.3. The van der Waals surface area contributed by atoms with Crippen molar-refractivity contribution in [2.45, 2.75) is 6.42 Å². The van der Waals surface area contributed by atoms with Crippen LogP contribution in [0.4, 0.5) is 5.69 Å². The van der Waals surface area contributed by atoms with Gasteiger partial charge < -0.3 is 24.3 Å². The molecule has 30 heavy (non-hydrogen) atoms.